The zero-order valence-electron chi connectivity index (χ0n) is 11.2. The van der Waals surface area contributed by atoms with Crippen molar-refractivity contribution in [2.24, 2.45) is 5.73 Å². The fourth-order valence-electron chi connectivity index (χ4n) is 2.15. The van der Waals surface area contributed by atoms with Crippen molar-refractivity contribution in [3.05, 3.63) is 30.1 Å². The highest BCUT2D eigenvalue weighted by molar-refractivity contribution is 7.89. The molecule has 1 saturated heterocycles. The summed E-state index contributed by atoms with van der Waals surface area (Å²) >= 11 is 0. The molecule has 1 fully saturated rings. The largest absolute Gasteiger partial charge is 0.492 e. The van der Waals surface area contributed by atoms with Crippen molar-refractivity contribution in [3.8, 4) is 5.75 Å². The van der Waals surface area contributed by atoms with Gasteiger partial charge in [-0.05, 0) is 37.1 Å². The number of rotatable bonds is 5. The number of sulfonamides is 1. The van der Waals surface area contributed by atoms with Crippen LogP contribution in [0.15, 0.2) is 24.3 Å². The van der Waals surface area contributed by atoms with Crippen LogP contribution < -0.4 is 10.5 Å². The van der Waals surface area contributed by atoms with Crippen molar-refractivity contribution in [2.75, 3.05) is 25.4 Å². The van der Waals surface area contributed by atoms with Crippen LogP contribution in [0.4, 0.5) is 4.39 Å². The first-order valence-electron chi connectivity index (χ1n) is 6.59. The first kappa shape index (κ1) is 15.2. The second kappa shape index (κ2) is 6.51. The van der Waals surface area contributed by atoms with E-state index < -0.39 is 10.0 Å². The second-order valence-electron chi connectivity index (χ2n) is 4.88. The summed E-state index contributed by atoms with van der Waals surface area (Å²) in [5, 5.41) is 0. The summed E-state index contributed by atoms with van der Waals surface area (Å²) in [6.45, 7) is 0.936. The molecule has 0 aromatic heterocycles. The van der Waals surface area contributed by atoms with Crippen LogP contribution in [0.3, 0.4) is 0 Å². The highest BCUT2D eigenvalue weighted by Gasteiger charge is 2.27. The van der Waals surface area contributed by atoms with Crippen molar-refractivity contribution in [2.45, 2.75) is 18.9 Å². The molecule has 0 unspecified atom stereocenters. The molecule has 0 amide bonds. The molecule has 5 nitrogen and oxygen atoms in total. The van der Waals surface area contributed by atoms with E-state index in [9.17, 15) is 12.8 Å². The van der Waals surface area contributed by atoms with Gasteiger partial charge in [-0.3, -0.25) is 0 Å². The van der Waals surface area contributed by atoms with Crippen molar-refractivity contribution in [3.63, 3.8) is 0 Å². The molecule has 1 aromatic rings. The van der Waals surface area contributed by atoms with Crippen LogP contribution in [0.25, 0.3) is 0 Å². The quantitative estimate of drug-likeness (QED) is 0.879. The van der Waals surface area contributed by atoms with Crippen molar-refractivity contribution >= 4 is 10.0 Å². The summed E-state index contributed by atoms with van der Waals surface area (Å²) in [5.74, 6) is 0.00103. The molecule has 112 valence electrons. The lowest BCUT2D eigenvalue weighted by Crippen LogP contribution is -2.46. The van der Waals surface area contributed by atoms with Crippen molar-refractivity contribution < 1.29 is 17.5 Å². The van der Waals surface area contributed by atoms with Gasteiger partial charge in [0.05, 0.1) is 5.75 Å². The topological polar surface area (TPSA) is 72.6 Å². The van der Waals surface area contributed by atoms with Gasteiger partial charge in [0.1, 0.15) is 18.2 Å². The normalized spacial score (nSPS) is 20.8. The van der Waals surface area contributed by atoms with Crippen LogP contribution in [0, 0.1) is 5.82 Å². The van der Waals surface area contributed by atoms with Crippen LogP contribution in [0.2, 0.25) is 0 Å². The third-order valence-corrected chi connectivity index (χ3v) is 5.04. The summed E-state index contributed by atoms with van der Waals surface area (Å²) in [5.41, 5.74) is 5.78. The van der Waals surface area contributed by atoms with E-state index in [1.165, 1.54) is 28.6 Å². The van der Waals surface area contributed by atoms with E-state index in [0.29, 0.717) is 18.8 Å². The maximum atomic E-state index is 12.7. The Bertz CT molecular complexity index is 533. The fraction of sp³-hybridized carbons (Fsp3) is 0.538. The van der Waals surface area contributed by atoms with Gasteiger partial charge in [0.25, 0.3) is 0 Å². The second-order valence-corrected chi connectivity index (χ2v) is 6.97. The lowest BCUT2D eigenvalue weighted by Gasteiger charge is -2.29. The molecule has 1 aliphatic heterocycles. The van der Waals surface area contributed by atoms with E-state index in [0.717, 1.165) is 12.8 Å². The average molecular weight is 302 g/mol. The van der Waals surface area contributed by atoms with Gasteiger partial charge in [0, 0.05) is 19.1 Å². The molecule has 0 spiro atoms. The van der Waals surface area contributed by atoms with Crippen LogP contribution in [0.1, 0.15) is 12.8 Å². The van der Waals surface area contributed by atoms with Crippen molar-refractivity contribution in [1.82, 2.24) is 4.31 Å². The molecular weight excluding hydrogens is 283 g/mol. The Labute approximate surface area is 118 Å². The number of hydrogen-bond acceptors (Lipinski definition) is 4. The summed E-state index contributed by atoms with van der Waals surface area (Å²) in [6, 6.07) is 5.40. The number of hydrogen-bond donors (Lipinski definition) is 1. The Kier molecular flexibility index (Phi) is 4.95. The molecule has 0 bridgehead atoms. The molecule has 20 heavy (non-hydrogen) atoms. The van der Waals surface area contributed by atoms with E-state index >= 15 is 0 Å². The van der Waals surface area contributed by atoms with Gasteiger partial charge >= 0.3 is 0 Å². The number of nitrogens with two attached hydrogens (primary N) is 1. The minimum absolute atomic E-state index is 0.0414. The molecule has 0 radical (unpaired) electrons. The molecule has 1 atom stereocenters. The summed E-state index contributed by atoms with van der Waals surface area (Å²) in [6.07, 6.45) is 1.65. The standard InChI is InChI=1S/C13H19FN2O3S/c14-11-3-5-13(6-4-11)19-8-9-20(17,18)16-7-1-2-12(15)10-16/h3-6,12H,1-2,7-10,15H2/t12-/m1/s1. The zero-order valence-corrected chi connectivity index (χ0v) is 12.0. The Morgan fingerprint density at radius 2 is 2.05 bits per heavy atom. The third kappa shape index (κ3) is 4.16. The van der Waals surface area contributed by atoms with Gasteiger partial charge in [-0.2, -0.15) is 0 Å². The maximum absolute atomic E-state index is 12.7. The Morgan fingerprint density at radius 3 is 2.70 bits per heavy atom. The van der Waals surface area contributed by atoms with Crippen LogP contribution >= 0.6 is 0 Å². The molecule has 1 heterocycles. The molecule has 0 aliphatic carbocycles. The van der Waals surface area contributed by atoms with Gasteiger partial charge < -0.3 is 10.5 Å². The summed E-state index contributed by atoms with van der Waals surface area (Å²) in [4.78, 5) is 0. The van der Waals surface area contributed by atoms with E-state index in [4.69, 9.17) is 10.5 Å². The third-order valence-electron chi connectivity index (χ3n) is 3.24. The van der Waals surface area contributed by atoms with E-state index in [2.05, 4.69) is 0 Å². The van der Waals surface area contributed by atoms with Crippen LogP contribution in [-0.2, 0) is 10.0 Å². The summed E-state index contributed by atoms with van der Waals surface area (Å²) in [7, 11) is -3.34. The average Bonchev–Trinajstić information content (AvgIpc) is 2.41. The lowest BCUT2D eigenvalue weighted by molar-refractivity contribution is 0.305. The lowest BCUT2D eigenvalue weighted by atomic mass is 10.1. The zero-order chi connectivity index (χ0) is 14.6. The van der Waals surface area contributed by atoms with Crippen molar-refractivity contribution in [1.29, 1.82) is 0 Å². The number of piperidine rings is 1. The molecule has 1 aliphatic rings. The Balaban J connectivity index is 1.84. The molecule has 7 heteroatoms. The number of halogens is 1. The van der Waals surface area contributed by atoms with E-state index in [1.807, 2.05) is 0 Å². The fourth-order valence-corrected chi connectivity index (χ4v) is 3.53. The molecule has 2 N–H and O–H groups in total. The number of ether oxygens (including phenoxy) is 1. The monoisotopic (exact) mass is 302 g/mol. The van der Waals surface area contributed by atoms with Gasteiger partial charge in [0.2, 0.25) is 10.0 Å². The first-order valence-corrected chi connectivity index (χ1v) is 8.20. The molecule has 0 saturated carbocycles. The highest BCUT2D eigenvalue weighted by Crippen LogP contribution is 2.14. The predicted octanol–water partition coefficient (Wildman–Crippen LogP) is 0.957. The van der Waals surface area contributed by atoms with Crippen LogP contribution in [0.5, 0.6) is 5.75 Å². The highest BCUT2D eigenvalue weighted by atomic mass is 32.2. The Hall–Kier alpha value is -1.18. The SMILES string of the molecule is N[C@@H]1CCCN(S(=O)(=O)CCOc2ccc(F)cc2)C1. The minimum atomic E-state index is -3.34. The summed E-state index contributed by atoms with van der Waals surface area (Å²) < 4.78 is 43.7. The molecular formula is C13H19FN2O3S. The Morgan fingerprint density at radius 1 is 1.35 bits per heavy atom. The minimum Gasteiger partial charge on any atom is -0.492 e. The van der Waals surface area contributed by atoms with Gasteiger partial charge in [-0.1, -0.05) is 0 Å². The first-order chi connectivity index (χ1) is 9.47. The van der Waals surface area contributed by atoms with E-state index in [1.54, 1.807) is 0 Å². The van der Waals surface area contributed by atoms with Gasteiger partial charge in [-0.15, -0.1) is 0 Å². The van der Waals surface area contributed by atoms with Gasteiger partial charge in [0.15, 0.2) is 0 Å². The maximum Gasteiger partial charge on any atom is 0.217 e. The molecule has 1 aromatic carbocycles. The molecule has 2 rings (SSSR count). The number of benzene rings is 1. The van der Waals surface area contributed by atoms with E-state index in [-0.39, 0.29) is 24.2 Å². The van der Waals surface area contributed by atoms with Crippen LogP contribution in [-0.4, -0.2) is 44.2 Å². The smallest absolute Gasteiger partial charge is 0.217 e. The number of nitrogens with zero attached hydrogens (tertiary/aromatic N) is 1. The predicted molar refractivity (Wildman–Crippen MR) is 74.5 cm³/mol. The van der Waals surface area contributed by atoms with Gasteiger partial charge in [-0.25, -0.2) is 17.1 Å².